The Balaban J connectivity index is 1.97. The molecule has 0 saturated carbocycles. The van der Waals surface area contributed by atoms with E-state index in [1.807, 2.05) is 60.7 Å². The summed E-state index contributed by atoms with van der Waals surface area (Å²) in [5.41, 5.74) is 2.07. The zero-order chi connectivity index (χ0) is 16.9. The summed E-state index contributed by atoms with van der Waals surface area (Å²) in [5, 5.41) is 19.1. The number of amides is 1. The summed E-state index contributed by atoms with van der Waals surface area (Å²) in [6, 6.07) is 23.1. The summed E-state index contributed by atoms with van der Waals surface area (Å²) in [7, 11) is 0. The van der Waals surface area contributed by atoms with Crippen LogP contribution in [0.4, 0.5) is 5.69 Å². The lowest BCUT2D eigenvalue weighted by Gasteiger charge is -2.23. The Bertz CT molecular complexity index is 832. The predicted octanol–water partition coefficient (Wildman–Crippen LogP) is 3.94. The molecular weight excluding hydrogens is 302 g/mol. The summed E-state index contributed by atoms with van der Waals surface area (Å²) in [6.45, 7) is 0.408. The minimum Gasteiger partial charge on any atom is -0.504 e. The molecule has 0 aliphatic carbocycles. The molecule has 3 aromatic rings. The lowest BCUT2D eigenvalue weighted by atomic mass is 10.1. The number of hydrogen-bond acceptors (Lipinski definition) is 3. The van der Waals surface area contributed by atoms with Crippen LogP contribution >= 0.6 is 0 Å². The van der Waals surface area contributed by atoms with Crippen molar-refractivity contribution < 1.29 is 15.0 Å². The number of benzene rings is 3. The Labute approximate surface area is 140 Å². The maximum Gasteiger partial charge on any atom is 0.258 e. The quantitative estimate of drug-likeness (QED) is 0.716. The molecule has 0 radical (unpaired) electrons. The lowest BCUT2D eigenvalue weighted by Crippen LogP contribution is -2.30. The van der Waals surface area contributed by atoms with Gasteiger partial charge < -0.3 is 15.1 Å². The standard InChI is InChI=1S/C20H17NO3/c22-18-12-11-16(13-19(18)23)20(24)21(17-9-5-2-6-10-17)14-15-7-3-1-4-8-15/h1-13,22-23H,14H2. The van der Waals surface area contributed by atoms with Gasteiger partial charge in [-0.15, -0.1) is 0 Å². The third-order valence-corrected chi connectivity index (χ3v) is 3.72. The van der Waals surface area contributed by atoms with Gasteiger partial charge in [0.15, 0.2) is 11.5 Å². The van der Waals surface area contributed by atoms with Gasteiger partial charge >= 0.3 is 0 Å². The van der Waals surface area contributed by atoms with Gasteiger partial charge in [0.1, 0.15) is 0 Å². The molecule has 0 fully saturated rings. The van der Waals surface area contributed by atoms with Gasteiger partial charge in [0.25, 0.3) is 5.91 Å². The van der Waals surface area contributed by atoms with Gasteiger partial charge in [-0.3, -0.25) is 4.79 Å². The molecule has 0 heterocycles. The van der Waals surface area contributed by atoms with Crippen LogP contribution in [0.3, 0.4) is 0 Å². The molecule has 0 bridgehead atoms. The smallest absolute Gasteiger partial charge is 0.258 e. The minimum absolute atomic E-state index is 0.249. The van der Waals surface area contributed by atoms with Gasteiger partial charge in [-0.05, 0) is 35.9 Å². The molecule has 0 spiro atoms. The normalized spacial score (nSPS) is 10.3. The molecule has 2 N–H and O–H groups in total. The zero-order valence-corrected chi connectivity index (χ0v) is 13.0. The van der Waals surface area contributed by atoms with Crippen LogP contribution in [0.25, 0.3) is 0 Å². The molecule has 3 aromatic carbocycles. The summed E-state index contributed by atoms with van der Waals surface area (Å²) >= 11 is 0. The van der Waals surface area contributed by atoms with E-state index in [0.717, 1.165) is 11.3 Å². The molecule has 3 rings (SSSR count). The largest absolute Gasteiger partial charge is 0.504 e. The summed E-state index contributed by atoms with van der Waals surface area (Å²) in [5.74, 6) is -0.810. The molecule has 24 heavy (non-hydrogen) atoms. The van der Waals surface area contributed by atoms with Crippen LogP contribution in [0.5, 0.6) is 11.5 Å². The Hall–Kier alpha value is -3.27. The van der Waals surface area contributed by atoms with Gasteiger partial charge in [0.2, 0.25) is 0 Å². The Kier molecular flexibility index (Phi) is 4.47. The maximum atomic E-state index is 12.9. The summed E-state index contributed by atoms with van der Waals surface area (Å²) in [4.78, 5) is 14.6. The molecule has 4 heteroatoms. The van der Waals surface area contributed by atoms with Crippen LogP contribution in [-0.4, -0.2) is 16.1 Å². The van der Waals surface area contributed by atoms with Crippen molar-refractivity contribution in [3.8, 4) is 11.5 Å². The highest BCUT2D eigenvalue weighted by atomic mass is 16.3. The number of rotatable bonds is 4. The van der Waals surface area contributed by atoms with E-state index in [1.165, 1.54) is 18.2 Å². The number of phenols is 2. The second-order valence-electron chi connectivity index (χ2n) is 5.42. The Morgan fingerprint density at radius 3 is 2.04 bits per heavy atom. The van der Waals surface area contributed by atoms with E-state index in [2.05, 4.69) is 0 Å². The molecule has 1 amide bonds. The summed E-state index contributed by atoms with van der Waals surface area (Å²) < 4.78 is 0. The van der Waals surface area contributed by atoms with Gasteiger partial charge in [-0.1, -0.05) is 48.5 Å². The van der Waals surface area contributed by atoms with E-state index in [0.29, 0.717) is 12.1 Å². The number of carbonyl (C=O) groups is 1. The fourth-order valence-electron chi connectivity index (χ4n) is 2.47. The average molecular weight is 319 g/mol. The Morgan fingerprint density at radius 2 is 1.42 bits per heavy atom. The van der Waals surface area contributed by atoms with Crippen LogP contribution < -0.4 is 4.90 Å². The number of carbonyl (C=O) groups excluding carboxylic acids is 1. The van der Waals surface area contributed by atoms with Crippen LogP contribution in [0.2, 0.25) is 0 Å². The van der Waals surface area contributed by atoms with Crippen molar-refractivity contribution in [3.63, 3.8) is 0 Å². The molecule has 0 atom stereocenters. The van der Waals surface area contributed by atoms with Gasteiger partial charge in [0.05, 0.1) is 6.54 Å². The van der Waals surface area contributed by atoms with E-state index in [1.54, 1.807) is 4.90 Å². The van der Waals surface area contributed by atoms with Crippen molar-refractivity contribution >= 4 is 11.6 Å². The average Bonchev–Trinajstić information content (AvgIpc) is 2.63. The molecule has 0 unspecified atom stereocenters. The Morgan fingerprint density at radius 1 is 0.792 bits per heavy atom. The predicted molar refractivity (Wildman–Crippen MR) is 93.2 cm³/mol. The fraction of sp³-hybridized carbons (Fsp3) is 0.0500. The third kappa shape index (κ3) is 3.38. The van der Waals surface area contributed by atoms with Gasteiger partial charge in [-0.2, -0.15) is 0 Å². The van der Waals surface area contributed by atoms with Crippen molar-refractivity contribution in [1.82, 2.24) is 0 Å². The fourth-order valence-corrected chi connectivity index (χ4v) is 2.47. The highest BCUT2D eigenvalue weighted by Crippen LogP contribution is 2.27. The van der Waals surface area contributed by atoms with E-state index in [9.17, 15) is 15.0 Å². The first kappa shape index (κ1) is 15.6. The second kappa shape index (κ2) is 6.87. The molecule has 0 saturated heterocycles. The minimum atomic E-state index is -0.312. The van der Waals surface area contributed by atoms with Crippen molar-refractivity contribution in [3.05, 3.63) is 90.0 Å². The van der Waals surface area contributed by atoms with Crippen molar-refractivity contribution in [1.29, 1.82) is 0 Å². The van der Waals surface area contributed by atoms with Crippen LogP contribution in [0.1, 0.15) is 15.9 Å². The SMILES string of the molecule is O=C(c1ccc(O)c(O)c1)N(Cc1ccccc1)c1ccccc1. The first-order chi connectivity index (χ1) is 11.6. The monoisotopic (exact) mass is 319 g/mol. The number of para-hydroxylation sites is 1. The highest BCUT2D eigenvalue weighted by molar-refractivity contribution is 6.06. The molecule has 120 valence electrons. The number of hydrogen-bond donors (Lipinski definition) is 2. The second-order valence-corrected chi connectivity index (χ2v) is 5.42. The highest BCUT2D eigenvalue weighted by Gasteiger charge is 2.19. The van der Waals surface area contributed by atoms with E-state index < -0.39 is 0 Å². The van der Waals surface area contributed by atoms with Crippen LogP contribution in [0.15, 0.2) is 78.9 Å². The van der Waals surface area contributed by atoms with Crippen molar-refractivity contribution in [2.45, 2.75) is 6.54 Å². The number of phenolic OH excluding ortho intramolecular Hbond substituents is 2. The number of anilines is 1. The zero-order valence-electron chi connectivity index (χ0n) is 13.0. The van der Waals surface area contributed by atoms with Crippen LogP contribution in [-0.2, 0) is 6.54 Å². The maximum absolute atomic E-state index is 12.9. The van der Waals surface area contributed by atoms with Crippen molar-refractivity contribution in [2.75, 3.05) is 4.90 Å². The molecule has 0 aliphatic rings. The van der Waals surface area contributed by atoms with Crippen molar-refractivity contribution in [2.24, 2.45) is 0 Å². The van der Waals surface area contributed by atoms with E-state index >= 15 is 0 Å². The van der Waals surface area contributed by atoms with Gasteiger partial charge in [0, 0.05) is 11.3 Å². The number of aromatic hydroxyl groups is 2. The number of nitrogens with zero attached hydrogens (tertiary/aromatic N) is 1. The van der Waals surface area contributed by atoms with E-state index in [-0.39, 0.29) is 17.4 Å². The molecule has 0 aromatic heterocycles. The third-order valence-electron chi connectivity index (χ3n) is 3.72. The first-order valence-corrected chi connectivity index (χ1v) is 7.58. The molecule has 4 nitrogen and oxygen atoms in total. The lowest BCUT2D eigenvalue weighted by molar-refractivity contribution is 0.0984. The van der Waals surface area contributed by atoms with Gasteiger partial charge in [-0.25, -0.2) is 0 Å². The van der Waals surface area contributed by atoms with Crippen LogP contribution in [0, 0.1) is 0 Å². The van der Waals surface area contributed by atoms with E-state index in [4.69, 9.17) is 0 Å². The topological polar surface area (TPSA) is 60.8 Å². The first-order valence-electron chi connectivity index (χ1n) is 7.58. The summed E-state index contributed by atoms with van der Waals surface area (Å²) in [6.07, 6.45) is 0. The molecule has 0 aliphatic heterocycles. The molecular formula is C20H17NO3.